The molecule has 3 aromatic rings. The molecule has 1 heterocycles. The number of thioether (sulfide) groups is 1. The van der Waals surface area contributed by atoms with Crippen LogP contribution in [-0.4, -0.2) is 40.7 Å². The molecule has 0 aliphatic carbocycles. The Morgan fingerprint density at radius 2 is 1.55 bits per heavy atom. The van der Waals surface area contributed by atoms with Gasteiger partial charge in [-0.15, -0.1) is 10.2 Å². The van der Waals surface area contributed by atoms with Crippen molar-refractivity contribution in [1.29, 1.82) is 0 Å². The summed E-state index contributed by atoms with van der Waals surface area (Å²) >= 11 is 1.11. The van der Waals surface area contributed by atoms with Crippen molar-refractivity contribution in [3.05, 3.63) is 71.0 Å². The number of benzene rings is 2. The quantitative estimate of drug-likeness (QED) is 0.323. The molecule has 1 aromatic heterocycles. The molecule has 174 valence electrons. The van der Waals surface area contributed by atoms with Crippen LogP contribution in [0.2, 0.25) is 0 Å². The standard InChI is InChI=1S/C21H24N6O4S2/c1-14-4-8-16(9-5-14)20(29)25-24-19(28)13-32-21-26-23-18(27(21)3)12-22-33(30,31)17-10-6-15(2)7-11-17/h4-11,22H,12-13H2,1-3H3,(H,24,28)(H,25,29). The van der Waals surface area contributed by atoms with E-state index in [-0.39, 0.29) is 17.2 Å². The van der Waals surface area contributed by atoms with Crippen LogP contribution in [0.3, 0.4) is 0 Å². The van der Waals surface area contributed by atoms with Crippen LogP contribution in [0.15, 0.2) is 58.6 Å². The highest BCUT2D eigenvalue weighted by Gasteiger charge is 2.17. The van der Waals surface area contributed by atoms with Crippen molar-refractivity contribution in [2.24, 2.45) is 7.05 Å². The summed E-state index contributed by atoms with van der Waals surface area (Å²) in [5.74, 6) is -0.476. The molecule has 0 spiro atoms. The molecule has 12 heteroatoms. The number of carbonyl (C=O) groups excluding carboxylic acids is 2. The first-order chi connectivity index (χ1) is 15.7. The van der Waals surface area contributed by atoms with E-state index < -0.39 is 21.8 Å². The van der Waals surface area contributed by atoms with E-state index >= 15 is 0 Å². The van der Waals surface area contributed by atoms with Crippen molar-refractivity contribution in [1.82, 2.24) is 30.3 Å². The van der Waals surface area contributed by atoms with E-state index in [4.69, 9.17) is 0 Å². The number of carbonyl (C=O) groups is 2. The van der Waals surface area contributed by atoms with Crippen LogP contribution in [-0.2, 0) is 28.4 Å². The molecule has 3 rings (SSSR count). The van der Waals surface area contributed by atoms with E-state index in [2.05, 4.69) is 25.8 Å². The lowest BCUT2D eigenvalue weighted by Gasteiger charge is -2.08. The smallest absolute Gasteiger partial charge is 0.269 e. The normalized spacial score (nSPS) is 11.2. The summed E-state index contributed by atoms with van der Waals surface area (Å²) in [6.07, 6.45) is 0. The molecule has 3 N–H and O–H groups in total. The fourth-order valence-electron chi connectivity index (χ4n) is 2.65. The molecule has 0 aliphatic rings. The molecule has 0 aliphatic heterocycles. The van der Waals surface area contributed by atoms with Crippen LogP contribution in [0.1, 0.15) is 27.3 Å². The summed E-state index contributed by atoms with van der Waals surface area (Å²) < 4.78 is 29.0. The van der Waals surface area contributed by atoms with Gasteiger partial charge in [0.15, 0.2) is 5.16 Å². The zero-order chi connectivity index (χ0) is 24.0. The second kappa shape index (κ2) is 10.6. The Labute approximate surface area is 196 Å². The topological polar surface area (TPSA) is 135 Å². The minimum atomic E-state index is -3.69. The summed E-state index contributed by atoms with van der Waals surface area (Å²) in [5, 5.41) is 8.42. The van der Waals surface area contributed by atoms with Crippen molar-refractivity contribution in [2.45, 2.75) is 30.4 Å². The van der Waals surface area contributed by atoms with Gasteiger partial charge in [-0.3, -0.25) is 20.4 Å². The molecular formula is C21H24N6O4S2. The number of hydrazine groups is 1. The third kappa shape index (κ3) is 6.63. The fraction of sp³-hybridized carbons (Fsp3) is 0.238. The molecule has 33 heavy (non-hydrogen) atoms. The van der Waals surface area contributed by atoms with Crippen molar-refractivity contribution >= 4 is 33.6 Å². The predicted octanol–water partition coefficient (Wildman–Crippen LogP) is 1.46. The SMILES string of the molecule is Cc1ccc(C(=O)NNC(=O)CSc2nnc(CNS(=O)(=O)c3ccc(C)cc3)n2C)cc1. The van der Waals surface area contributed by atoms with Crippen molar-refractivity contribution in [3.63, 3.8) is 0 Å². The van der Waals surface area contributed by atoms with Crippen LogP contribution < -0.4 is 15.6 Å². The maximum Gasteiger partial charge on any atom is 0.269 e. The first-order valence-corrected chi connectivity index (χ1v) is 12.4. The monoisotopic (exact) mass is 488 g/mol. The number of nitrogens with one attached hydrogen (secondary N) is 3. The van der Waals surface area contributed by atoms with E-state index in [1.807, 2.05) is 13.8 Å². The van der Waals surface area contributed by atoms with Crippen LogP contribution in [0.5, 0.6) is 0 Å². The third-order valence-electron chi connectivity index (χ3n) is 4.64. The second-order valence-corrected chi connectivity index (χ2v) is 9.96. The number of hydrogen-bond donors (Lipinski definition) is 3. The Morgan fingerprint density at radius 1 is 0.939 bits per heavy atom. The van der Waals surface area contributed by atoms with Gasteiger partial charge in [0.05, 0.1) is 17.2 Å². The van der Waals surface area contributed by atoms with Gasteiger partial charge in [-0.25, -0.2) is 13.1 Å². The maximum absolute atomic E-state index is 12.4. The highest BCUT2D eigenvalue weighted by Crippen LogP contribution is 2.16. The average molecular weight is 489 g/mol. The largest absolute Gasteiger partial charge is 0.308 e. The Morgan fingerprint density at radius 3 is 2.18 bits per heavy atom. The Bertz CT molecular complexity index is 1240. The molecule has 0 saturated carbocycles. The van der Waals surface area contributed by atoms with Gasteiger partial charge >= 0.3 is 0 Å². The minimum absolute atomic E-state index is 0.0186. The highest BCUT2D eigenvalue weighted by molar-refractivity contribution is 7.99. The van der Waals surface area contributed by atoms with Crippen LogP contribution in [0.25, 0.3) is 0 Å². The van der Waals surface area contributed by atoms with Gasteiger partial charge in [0, 0.05) is 12.6 Å². The first-order valence-electron chi connectivity index (χ1n) is 9.89. The lowest BCUT2D eigenvalue weighted by molar-refractivity contribution is -0.119. The number of nitrogens with zero attached hydrogens (tertiary/aromatic N) is 3. The summed E-state index contributed by atoms with van der Waals surface area (Å²) in [7, 11) is -2.02. The Balaban J connectivity index is 1.49. The predicted molar refractivity (Wildman–Crippen MR) is 124 cm³/mol. The number of aromatic nitrogens is 3. The second-order valence-electron chi connectivity index (χ2n) is 7.25. The highest BCUT2D eigenvalue weighted by atomic mass is 32.2. The summed E-state index contributed by atoms with van der Waals surface area (Å²) in [4.78, 5) is 24.3. The van der Waals surface area contributed by atoms with Gasteiger partial charge in [-0.2, -0.15) is 0 Å². The van der Waals surface area contributed by atoms with E-state index in [1.54, 1.807) is 48.0 Å². The average Bonchev–Trinajstić information content (AvgIpc) is 3.15. The lowest BCUT2D eigenvalue weighted by atomic mass is 10.1. The van der Waals surface area contributed by atoms with Crippen molar-refractivity contribution in [2.75, 3.05) is 5.75 Å². The van der Waals surface area contributed by atoms with Crippen LogP contribution in [0.4, 0.5) is 0 Å². The van der Waals surface area contributed by atoms with Crippen molar-refractivity contribution < 1.29 is 18.0 Å². The number of sulfonamides is 1. The number of aryl methyl sites for hydroxylation is 2. The molecule has 0 unspecified atom stereocenters. The van der Waals surface area contributed by atoms with Gasteiger partial charge in [0.2, 0.25) is 15.9 Å². The number of rotatable bonds is 8. The summed E-state index contributed by atoms with van der Waals surface area (Å²) in [6, 6.07) is 13.5. The van der Waals surface area contributed by atoms with Crippen LogP contribution in [0, 0.1) is 13.8 Å². The van der Waals surface area contributed by atoms with Gasteiger partial charge < -0.3 is 4.57 Å². The summed E-state index contributed by atoms with van der Waals surface area (Å²) in [5.41, 5.74) is 7.13. The van der Waals surface area contributed by atoms with E-state index in [0.29, 0.717) is 16.5 Å². The van der Waals surface area contributed by atoms with Gasteiger partial charge in [0.25, 0.3) is 5.91 Å². The van der Waals surface area contributed by atoms with Gasteiger partial charge in [0.1, 0.15) is 5.82 Å². The number of hydrogen-bond acceptors (Lipinski definition) is 7. The molecule has 0 radical (unpaired) electrons. The van der Waals surface area contributed by atoms with Gasteiger partial charge in [-0.05, 0) is 38.1 Å². The minimum Gasteiger partial charge on any atom is -0.308 e. The molecule has 0 fully saturated rings. The zero-order valence-electron chi connectivity index (χ0n) is 18.3. The fourth-order valence-corrected chi connectivity index (χ4v) is 4.36. The van der Waals surface area contributed by atoms with E-state index in [0.717, 1.165) is 22.9 Å². The van der Waals surface area contributed by atoms with Crippen LogP contribution >= 0.6 is 11.8 Å². The Hall–Kier alpha value is -3.22. The molecule has 2 amide bonds. The molecular weight excluding hydrogens is 464 g/mol. The first kappa shape index (κ1) is 24.4. The van der Waals surface area contributed by atoms with E-state index in [9.17, 15) is 18.0 Å². The van der Waals surface area contributed by atoms with Gasteiger partial charge in [-0.1, -0.05) is 47.2 Å². The zero-order valence-corrected chi connectivity index (χ0v) is 20.0. The molecule has 2 aromatic carbocycles. The molecule has 0 atom stereocenters. The maximum atomic E-state index is 12.4. The summed E-state index contributed by atoms with van der Waals surface area (Å²) in [6.45, 7) is 3.73. The molecule has 0 bridgehead atoms. The molecule has 0 saturated heterocycles. The lowest BCUT2D eigenvalue weighted by Crippen LogP contribution is -2.42. The number of amides is 2. The van der Waals surface area contributed by atoms with Crippen molar-refractivity contribution in [3.8, 4) is 0 Å². The molecule has 10 nitrogen and oxygen atoms in total. The third-order valence-corrected chi connectivity index (χ3v) is 7.08. The van der Waals surface area contributed by atoms with E-state index in [1.165, 1.54) is 12.1 Å². The Kier molecular flexibility index (Phi) is 7.84.